The zero-order chi connectivity index (χ0) is 14.8. The minimum Gasteiger partial charge on any atom is -0.497 e. The van der Waals surface area contributed by atoms with E-state index in [1.807, 2.05) is 24.3 Å². The minimum absolute atomic E-state index is 0.0626. The first kappa shape index (κ1) is 16.5. The number of anilines is 1. The van der Waals surface area contributed by atoms with Gasteiger partial charge in [-0.25, -0.2) is 0 Å². The number of nitrogens with one attached hydrogen (secondary N) is 2. The van der Waals surface area contributed by atoms with Crippen LogP contribution in [0, 0.1) is 0 Å². The molecule has 0 bridgehead atoms. The highest BCUT2D eigenvalue weighted by atomic mass is 16.5. The molecule has 1 rings (SSSR count). The fourth-order valence-corrected chi connectivity index (χ4v) is 1.91. The van der Waals surface area contributed by atoms with E-state index in [4.69, 9.17) is 9.47 Å². The van der Waals surface area contributed by atoms with Crippen LogP contribution in [0.3, 0.4) is 0 Å². The van der Waals surface area contributed by atoms with Crippen molar-refractivity contribution in [3.63, 3.8) is 0 Å². The molecule has 0 aliphatic rings. The van der Waals surface area contributed by atoms with E-state index in [0.717, 1.165) is 24.3 Å². The molecule has 1 unspecified atom stereocenters. The van der Waals surface area contributed by atoms with Crippen molar-refractivity contribution in [3.8, 4) is 5.75 Å². The summed E-state index contributed by atoms with van der Waals surface area (Å²) in [6.07, 6.45) is 2.05. The smallest absolute Gasteiger partial charge is 0.238 e. The summed E-state index contributed by atoms with van der Waals surface area (Å²) in [6, 6.07) is 7.47. The number of rotatable bonds is 9. The SMILES string of the molecule is CCCC(COC)NCC(=O)Nc1ccc(OC)cc1. The van der Waals surface area contributed by atoms with E-state index in [1.165, 1.54) is 0 Å². The molecule has 5 heteroatoms. The van der Waals surface area contributed by atoms with Crippen LogP contribution in [0.5, 0.6) is 5.75 Å². The minimum atomic E-state index is -0.0626. The third kappa shape index (κ3) is 6.04. The van der Waals surface area contributed by atoms with Crippen molar-refractivity contribution in [2.75, 3.05) is 32.7 Å². The van der Waals surface area contributed by atoms with E-state index in [-0.39, 0.29) is 18.5 Å². The van der Waals surface area contributed by atoms with E-state index in [2.05, 4.69) is 17.6 Å². The summed E-state index contributed by atoms with van der Waals surface area (Å²) in [5.74, 6) is 0.705. The molecule has 0 fully saturated rings. The Balaban J connectivity index is 2.38. The van der Waals surface area contributed by atoms with Gasteiger partial charge < -0.3 is 20.1 Å². The third-order valence-corrected chi connectivity index (χ3v) is 2.93. The lowest BCUT2D eigenvalue weighted by Crippen LogP contribution is -2.38. The molecule has 0 aromatic heterocycles. The van der Waals surface area contributed by atoms with Gasteiger partial charge in [0.1, 0.15) is 5.75 Å². The van der Waals surface area contributed by atoms with Gasteiger partial charge >= 0.3 is 0 Å². The normalized spacial score (nSPS) is 11.9. The zero-order valence-electron chi connectivity index (χ0n) is 12.4. The highest BCUT2D eigenvalue weighted by Crippen LogP contribution is 2.14. The van der Waals surface area contributed by atoms with Crippen LogP contribution in [0.1, 0.15) is 19.8 Å². The largest absolute Gasteiger partial charge is 0.497 e. The van der Waals surface area contributed by atoms with Gasteiger partial charge in [-0.05, 0) is 30.7 Å². The van der Waals surface area contributed by atoms with E-state index in [9.17, 15) is 4.79 Å². The van der Waals surface area contributed by atoms with E-state index < -0.39 is 0 Å². The van der Waals surface area contributed by atoms with Crippen LogP contribution in [0.4, 0.5) is 5.69 Å². The fourth-order valence-electron chi connectivity index (χ4n) is 1.91. The number of ether oxygens (including phenoxy) is 2. The standard InChI is InChI=1S/C15H24N2O3/c1-4-5-13(11-19-2)16-10-15(18)17-12-6-8-14(20-3)9-7-12/h6-9,13,16H,4-5,10-11H2,1-3H3,(H,17,18). The molecule has 0 saturated heterocycles. The molecular formula is C15H24N2O3. The lowest BCUT2D eigenvalue weighted by atomic mass is 10.2. The van der Waals surface area contributed by atoms with Crippen LogP contribution in [0.25, 0.3) is 0 Å². The molecule has 112 valence electrons. The van der Waals surface area contributed by atoms with Gasteiger partial charge in [-0.3, -0.25) is 4.79 Å². The van der Waals surface area contributed by atoms with Crippen molar-refractivity contribution in [1.82, 2.24) is 5.32 Å². The van der Waals surface area contributed by atoms with Gasteiger partial charge in [0.2, 0.25) is 5.91 Å². The third-order valence-electron chi connectivity index (χ3n) is 2.93. The van der Waals surface area contributed by atoms with Gasteiger partial charge in [0, 0.05) is 18.8 Å². The quantitative estimate of drug-likeness (QED) is 0.727. The average molecular weight is 280 g/mol. The summed E-state index contributed by atoms with van der Waals surface area (Å²) in [5.41, 5.74) is 0.761. The summed E-state index contributed by atoms with van der Waals surface area (Å²) in [5, 5.41) is 6.04. The number of methoxy groups -OCH3 is 2. The van der Waals surface area contributed by atoms with E-state index in [1.54, 1.807) is 14.2 Å². The van der Waals surface area contributed by atoms with Gasteiger partial charge in [0.15, 0.2) is 0 Å². The van der Waals surface area contributed by atoms with E-state index in [0.29, 0.717) is 6.61 Å². The number of carbonyl (C=O) groups excluding carboxylic acids is 1. The molecular weight excluding hydrogens is 256 g/mol. The Labute approximate surface area is 120 Å². The molecule has 2 N–H and O–H groups in total. The Morgan fingerprint density at radius 1 is 1.25 bits per heavy atom. The lowest BCUT2D eigenvalue weighted by Gasteiger charge is -2.16. The maximum Gasteiger partial charge on any atom is 0.238 e. The predicted molar refractivity (Wildman–Crippen MR) is 80.2 cm³/mol. The second-order valence-electron chi connectivity index (χ2n) is 4.60. The van der Waals surface area contributed by atoms with Crippen molar-refractivity contribution in [2.24, 2.45) is 0 Å². The van der Waals surface area contributed by atoms with Crippen LogP contribution < -0.4 is 15.4 Å². The van der Waals surface area contributed by atoms with Gasteiger partial charge in [-0.1, -0.05) is 13.3 Å². The first-order valence-electron chi connectivity index (χ1n) is 6.85. The predicted octanol–water partition coefficient (Wildman–Crippen LogP) is 2.04. The highest BCUT2D eigenvalue weighted by Gasteiger charge is 2.09. The summed E-state index contributed by atoms with van der Waals surface area (Å²) in [7, 11) is 3.28. The Hall–Kier alpha value is -1.59. The number of hydrogen-bond acceptors (Lipinski definition) is 4. The van der Waals surface area contributed by atoms with Crippen LogP contribution in [0.15, 0.2) is 24.3 Å². The molecule has 0 saturated carbocycles. The maximum absolute atomic E-state index is 11.8. The lowest BCUT2D eigenvalue weighted by molar-refractivity contribution is -0.115. The maximum atomic E-state index is 11.8. The average Bonchev–Trinajstić information content (AvgIpc) is 2.46. The Morgan fingerprint density at radius 3 is 2.50 bits per heavy atom. The molecule has 1 aromatic carbocycles. The topological polar surface area (TPSA) is 59.6 Å². The summed E-state index contributed by atoms with van der Waals surface area (Å²) in [6.45, 7) is 3.01. The van der Waals surface area contributed by atoms with Gasteiger partial charge in [-0.2, -0.15) is 0 Å². The summed E-state index contributed by atoms with van der Waals surface area (Å²) < 4.78 is 10.2. The van der Waals surface area contributed by atoms with Crippen molar-refractivity contribution >= 4 is 11.6 Å². The molecule has 1 atom stereocenters. The van der Waals surface area contributed by atoms with Gasteiger partial charge in [0.25, 0.3) is 0 Å². The monoisotopic (exact) mass is 280 g/mol. The molecule has 1 aromatic rings. The van der Waals surface area contributed by atoms with Crippen molar-refractivity contribution < 1.29 is 14.3 Å². The molecule has 0 heterocycles. The van der Waals surface area contributed by atoms with Gasteiger partial charge in [-0.15, -0.1) is 0 Å². The molecule has 0 aliphatic carbocycles. The Kier molecular flexibility index (Phi) is 7.69. The second-order valence-corrected chi connectivity index (χ2v) is 4.60. The first-order valence-corrected chi connectivity index (χ1v) is 6.85. The van der Waals surface area contributed by atoms with Crippen LogP contribution in [-0.2, 0) is 9.53 Å². The number of amides is 1. The molecule has 5 nitrogen and oxygen atoms in total. The van der Waals surface area contributed by atoms with Crippen LogP contribution >= 0.6 is 0 Å². The number of benzene rings is 1. The van der Waals surface area contributed by atoms with E-state index >= 15 is 0 Å². The molecule has 1 amide bonds. The second kappa shape index (κ2) is 9.34. The molecule has 0 spiro atoms. The number of hydrogen-bond donors (Lipinski definition) is 2. The molecule has 0 radical (unpaired) electrons. The van der Waals surface area contributed by atoms with Crippen LogP contribution in [-0.4, -0.2) is 39.3 Å². The first-order chi connectivity index (χ1) is 9.69. The summed E-state index contributed by atoms with van der Waals surface area (Å²) in [4.78, 5) is 11.8. The van der Waals surface area contributed by atoms with Crippen LogP contribution in [0.2, 0.25) is 0 Å². The van der Waals surface area contributed by atoms with Gasteiger partial charge in [0.05, 0.1) is 20.3 Å². The Morgan fingerprint density at radius 2 is 1.95 bits per heavy atom. The van der Waals surface area contributed by atoms with Crippen molar-refractivity contribution in [2.45, 2.75) is 25.8 Å². The fraction of sp³-hybridized carbons (Fsp3) is 0.533. The number of carbonyl (C=O) groups is 1. The summed E-state index contributed by atoms with van der Waals surface area (Å²) >= 11 is 0. The highest BCUT2D eigenvalue weighted by molar-refractivity contribution is 5.92. The van der Waals surface area contributed by atoms with Crippen molar-refractivity contribution in [1.29, 1.82) is 0 Å². The zero-order valence-corrected chi connectivity index (χ0v) is 12.4. The molecule has 20 heavy (non-hydrogen) atoms. The molecule has 0 aliphatic heterocycles. The van der Waals surface area contributed by atoms with Crippen molar-refractivity contribution in [3.05, 3.63) is 24.3 Å². The Bertz CT molecular complexity index is 387.